The number of carbonyl (C=O) groups excluding carboxylic acids is 3. The number of amides is 3. The molecule has 1 aliphatic heterocycles. The summed E-state index contributed by atoms with van der Waals surface area (Å²) in [6.07, 6.45) is 10.5. The monoisotopic (exact) mass is 371 g/mol. The van der Waals surface area contributed by atoms with Crippen LogP contribution in [0.4, 0.5) is 5.13 Å². The fraction of sp³-hybridized carbons (Fsp3) is 0.579. The molecule has 3 amide bonds. The first kappa shape index (κ1) is 16.2. The van der Waals surface area contributed by atoms with Crippen LogP contribution in [0, 0.1) is 23.7 Å². The van der Waals surface area contributed by atoms with E-state index >= 15 is 0 Å². The van der Waals surface area contributed by atoms with Gasteiger partial charge in [-0.15, -0.1) is 11.3 Å². The summed E-state index contributed by atoms with van der Waals surface area (Å²) in [7, 11) is 0. The Hall–Kier alpha value is -2.02. The number of fused-ring (bicyclic) bond motifs is 6. The zero-order valence-corrected chi connectivity index (χ0v) is 15.3. The van der Waals surface area contributed by atoms with Crippen molar-refractivity contribution in [2.24, 2.45) is 23.7 Å². The van der Waals surface area contributed by atoms with Crippen molar-refractivity contribution >= 4 is 34.2 Å². The Morgan fingerprint density at radius 2 is 1.81 bits per heavy atom. The lowest BCUT2D eigenvalue weighted by Gasteiger charge is -2.16. The minimum Gasteiger partial charge on any atom is -0.300 e. The van der Waals surface area contributed by atoms with E-state index in [0.717, 1.165) is 36.3 Å². The van der Waals surface area contributed by atoms with E-state index in [1.165, 1.54) is 29.1 Å². The van der Waals surface area contributed by atoms with Gasteiger partial charge in [-0.3, -0.25) is 19.3 Å². The fourth-order valence-electron chi connectivity index (χ4n) is 5.00. The number of nitrogens with one attached hydrogen (secondary N) is 1. The smallest absolute Gasteiger partial charge is 0.246 e. The van der Waals surface area contributed by atoms with Crippen molar-refractivity contribution < 1.29 is 14.4 Å². The quantitative estimate of drug-likeness (QED) is 0.502. The van der Waals surface area contributed by atoms with Crippen molar-refractivity contribution in [3.63, 3.8) is 0 Å². The maximum atomic E-state index is 12.7. The van der Waals surface area contributed by atoms with Gasteiger partial charge in [0.1, 0.15) is 6.54 Å². The summed E-state index contributed by atoms with van der Waals surface area (Å²) in [6.45, 7) is -0.200. The lowest BCUT2D eigenvalue weighted by molar-refractivity contribution is -0.143. The molecule has 3 aliphatic carbocycles. The number of carbonyl (C=O) groups is 3. The molecular weight excluding hydrogens is 350 g/mol. The van der Waals surface area contributed by atoms with Crippen molar-refractivity contribution in [1.82, 2.24) is 9.88 Å². The number of aryl methyl sites for hydroxylation is 2. The van der Waals surface area contributed by atoms with Crippen molar-refractivity contribution in [3.8, 4) is 0 Å². The van der Waals surface area contributed by atoms with Crippen molar-refractivity contribution in [3.05, 3.63) is 22.7 Å². The van der Waals surface area contributed by atoms with Gasteiger partial charge < -0.3 is 5.32 Å². The van der Waals surface area contributed by atoms with Gasteiger partial charge in [-0.05, 0) is 43.9 Å². The average Bonchev–Trinajstić information content (AvgIpc) is 3.34. The molecule has 2 fully saturated rings. The summed E-state index contributed by atoms with van der Waals surface area (Å²) in [5.41, 5.74) is 1.09. The molecule has 5 rings (SSSR count). The van der Waals surface area contributed by atoms with E-state index in [1.54, 1.807) is 0 Å². The van der Waals surface area contributed by atoms with E-state index in [9.17, 15) is 14.4 Å². The standard InChI is InChI=1S/C19H21N3O3S/c23-14(21-19-20-12-4-2-1-3-5-13(12)26-19)9-22-17(24)15-10-6-7-11(8-10)16(15)18(22)25/h6-7,10-11,15-16H,1-5,8-9H2,(H,20,21,23). The highest BCUT2D eigenvalue weighted by Crippen LogP contribution is 2.52. The second kappa shape index (κ2) is 6.01. The third kappa shape index (κ3) is 2.44. The minimum absolute atomic E-state index is 0.170. The van der Waals surface area contributed by atoms with E-state index in [4.69, 9.17) is 0 Å². The maximum absolute atomic E-state index is 12.7. The third-order valence-electron chi connectivity index (χ3n) is 6.21. The Morgan fingerprint density at radius 3 is 2.54 bits per heavy atom. The largest absolute Gasteiger partial charge is 0.300 e. The summed E-state index contributed by atoms with van der Waals surface area (Å²) in [6, 6.07) is 0. The van der Waals surface area contributed by atoms with Crippen LogP contribution in [-0.4, -0.2) is 34.2 Å². The Morgan fingerprint density at radius 1 is 1.12 bits per heavy atom. The highest BCUT2D eigenvalue weighted by atomic mass is 32.1. The highest BCUT2D eigenvalue weighted by Gasteiger charge is 2.59. The van der Waals surface area contributed by atoms with Crippen LogP contribution in [0.2, 0.25) is 0 Å². The molecule has 1 N–H and O–H groups in total. The fourth-order valence-corrected chi connectivity index (χ4v) is 6.07. The summed E-state index contributed by atoms with van der Waals surface area (Å²) >= 11 is 1.52. The topological polar surface area (TPSA) is 79.4 Å². The number of hydrogen-bond acceptors (Lipinski definition) is 5. The van der Waals surface area contributed by atoms with Crippen molar-refractivity contribution in [2.45, 2.75) is 38.5 Å². The van der Waals surface area contributed by atoms with Crippen molar-refractivity contribution in [1.29, 1.82) is 0 Å². The second-order valence-electron chi connectivity index (χ2n) is 7.76. The first-order valence-corrected chi connectivity index (χ1v) is 10.3. The number of anilines is 1. The normalized spacial score (nSPS) is 31.9. The molecule has 1 saturated heterocycles. The highest BCUT2D eigenvalue weighted by molar-refractivity contribution is 7.15. The summed E-state index contributed by atoms with van der Waals surface area (Å²) in [5, 5.41) is 3.38. The Labute approximate surface area is 155 Å². The summed E-state index contributed by atoms with van der Waals surface area (Å²) in [5.74, 6) is -0.851. The van der Waals surface area contributed by atoms with E-state index in [0.29, 0.717) is 5.13 Å². The molecule has 26 heavy (non-hydrogen) atoms. The average molecular weight is 371 g/mol. The lowest BCUT2D eigenvalue weighted by Crippen LogP contribution is -2.39. The molecule has 4 aliphatic rings. The molecule has 0 radical (unpaired) electrons. The van der Waals surface area contributed by atoms with Gasteiger partial charge in [0, 0.05) is 4.88 Å². The molecule has 6 nitrogen and oxygen atoms in total. The first-order chi connectivity index (χ1) is 12.6. The van der Waals surface area contributed by atoms with Gasteiger partial charge in [-0.1, -0.05) is 18.6 Å². The van der Waals surface area contributed by atoms with E-state index < -0.39 is 0 Å². The number of allylic oxidation sites excluding steroid dienone is 2. The minimum atomic E-state index is -0.337. The van der Waals surface area contributed by atoms with Gasteiger partial charge in [0.25, 0.3) is 0 Å². The zero-order chi connectivity index (χ0) is 17.8. The molecule has 2 heterocycles. The van der Waals surface area contributed by atoms with Crippen LogP contribution >= 0.6 is 11.3 Å². The van der Waals surface area contributed by atoms with E-state index in [-0.39, 0.29) is 47.9 Å². The number of hydrogen-bond donors (Lipinski definition) is 1. The number of nitrogens with zero attached hydrogens (tertiary/aromatic N) is 2. The molecule has 2 bridgehead atoms. The molecule has 4 unspecified atom stereocenters. The van der Waals surface area contributed by atoms with Gasteiger partial charge >= 0.3 is 0 Å². The number of thiazole rings is 1. The van der Waals surface area contributed by atoms with Crippen LogP contribution in [0.25, 0.3) is 0 Å². The molecule has 7 heteroatoms. The van der Waals surface area contributed by atoms with E-state index in [1.807, 2.05) is 0 Å². The number of aromatic nitrogens is 1. The SMILES string of the molecule is O=C(CN1C(=O)C2C3C=CC(C3)C2C1=O)Nc1nc2c(s1)CCCCC2. The molecule has 1 aromatic rings. The predicted molar refractivity (Wildman–Crippen MR) is 96.4 cm³/mol. The van der Waals surface area contributed by atoms with Crippen LogP contribution < -0.4 is 5.32 Å². The molecule has 136 valence electrons. The zero-order valence-electron chi connectivity index (χ0n) is 14.4. The molecule has 0 spiro atoms. The van der Waals surface area contributed by atoms with Crippen LogP contribution in [-0.2, 0) is 27.2 Å². The van der Waals surface area contributed by atoms with Gasteiger partial charge in [0.2, 0.25) is 17.7 Å². The molecule has 0 aromatic carbocycles. The lowest BCUT2D eigenvalue weighted by atomic mass is 9.85. The number of imide groups is 1. The van der Waals surface area contributed by atoms with Gasteiger partial charge in [-0.2, -0.15) is 0 Å². The molecule has 4 atom stereocenters. The molecule has 1 saturated carbocycles. The Bertz CT molecular complexity index is 776. The number of rotatable bonds is 3. The maximum Gasteiger partial charge on any atom is 0.246 e. The Kier molecular flexibility index (Phi) is 3.74. The Balaban J connectivity index is 1.26. The van der Waals surface area contributed by atoms with Gasteiger partial charge in [0.05, 0.1) is 17.5 Å². The number of likely N-dealkylation sites (tertiary alicyclic amines) is 1. The summed E-state index contributed by atoms with van der Waals surface area (Å²) < 4.78 is 0. The predicted octanol–water partition coefficient (Wildman–Crippen LogP) is 2.16. The van der Waals surface area contributed by atoms with Crippen LogP contribution in [0.3, 0.4) is 0 Å². The van der Waals surface area contributed by atoms with Crippen LogP contribution in [0.15, 0.2) is 12.2 Å². The third-order valence-corrected chi connectivity index (χ3v) is 7.28. The van der Waals surface area contributed by atoms with Gasteiger partial charge in [0.15, 0.2) is 5.13 Å². The van der Waals surface area contributed by atoms with E-state index in [2.05, 4.69) is 22.5 Å². The second-order valence-corrected chi connectivity index (χ2v) is 8.84. The molecular formula is C19H21N3O3S. The van der Waals surface area contributed by atoms with Crippen LogP contribution in [0.5, 0.6) is 0 Å². The van der Waals surface area contributed by atoms with Gasteiger partial charge in [-0.25, -0.2) is 4.98 Å². The first-order valence-electron chi connectivity index (χ1n) is 9.44. The van der Waals surface area contributed by atoms with Crippen molar-refractivity contribution in [2.75, 3.05) is 11.9 Å². The van der Waals surface area contributed by atoms with Crippen LogP contribution in [0.1, 0.15) is 36.3 Å². The molecule has 1 aromatic heterocycles. The summed E-state index contributed by atoms with van der Waals surface area (Å²) in [4.78, 5) is 44.7.